The molecule has 25 heavy (non-hydrogen) atoms. The molecule has 1 saturated heterocycles. The summed E-state index contributed by atoms with van der Waals surface area (Å²) in [6, 6.07) is 1.75. The van der Waals surface area contributed by atoms with Crippen LogP contribution >= 0.6 is 0 Å². The Morgan fingerprint density at radius 2 is 2.12 bits per heavy atom. The van der Waals surface area contributed by atoms with Gasteiger partial charge in [-0.25, -0.2) is 0 Å². The minimum absolute atomic E-state index is 0.0320. The van der Waals surface area contributed by atoms with Crippen LogP contribution < -0.4 is 5.32 Å². The molecule has 11 nitrogen and oxygen atoms in total. The molecule has 3 rings (SSSR count). The molecule has 134 valence electrons. The first-order chi connectivity index (χ1) is 11.8. The number of amides is 2. The van der Waals surface area contributed by atoms with Crippen molar-refractivity contribution in [3.63, 3.8) is 0 Å². The summed E-state index contributed by atoms with van der Waals surface area (Å²) in [5, 5.41) is 33.4. The summed E-state index contributed by atoms with van der Waals surface area (Å²) in [5.41, 5.74) is -0.467. The molecule has 0 aliphatic carbocycles. The number of carbonyl (C=O) groups excluding carboxylic acids is 2. The van der Waals surface area contributed by atoms with E-state index in [4.69, 9.17) is 5.11 Å². The van der Waals surface area contributed by atoms with Gasteiger partial charge in [-0.3, -0.25) is 14.3 Å². The second kappa shape index (κ2) is 6.26. The lowest BCUT2D eigenvalue weighted by molar-refractivity contribution is -0.127. The summed E-state index contributed by atoms with van der Waals surface area (Å²) >= 11 is 0. The van der Waals surface area contributed by atoms with Crippen LogP contribution in [0.5, 0.6) is 0 Å². The molecule has 0 saturated carbocycles. The maximum absolute atomic E-state index is 12.5. The number of rotatable bonds is 5. The predicted octanol–water partition coefficient (Wildman–Crippen LogP) is -2.40. The zero-order valence-corrected chi connectivity index (χ0v) is 13.9. The number of nitrogens with one attached hydrogen (secondary N) is 1. The van der Waals surface area contributed by atoms with E-state index in [2.05, 4.69) is 20.7 Å². The van der Waals surface area contributed by atoms with Crippen molar-refractivity contribution in [1.29, 1.82) is 0 Å². The van der Waals surface area contributed by atoms with Crippen LogP contribution in [0.25, 0.3) is 5.82 Å². The van der Waals surface area contributed by atoms with Crippen LogP contribution in [-0.2, 0) is 11.8 Å². The number of aryl methyl sites for hydroxylation is 1. The van der Waals surface area contributed by atoms with Crippen molar-refractivity contribution < 1.29 is 19.8 Å². The van der Waals surface area contributed by atoms with Crippen LogP contribution in [0.15, 0.2) is 12.3 Å². The van der Waals surface area contributed by atoms with Gasteiger partial charge in [0.15, 0.2) is 11.5 Å². The molecule has 1 aliphatic rings. The first-order valence-corrected chi connectivity index (χ1v) is 7.64. The van der Waals surface area contributed by atoms with E-state index in [1.807, 2.05) is 0 Å². The second-order valence-electron chi connectivity index (χ2n) is 6.10. The number of β-amino-alcohol motifs (C(OH)–C–C–N with tert-alkyl or cyclic N) is 1. The van der Waals surface area contributed by atoms with Crippen molar-refractivity contribution in [2.45, 2.75) is 12.5 Å². The lowest BCUT2D eigenvalue weighted by atomic mass is 9.93. The van der Waals surface area contributed by atoms with E-state index in [0.29, 0.717) is 11.5 Å². The molecule has 2 aromatic heterocycles. The molecule has 11 heteroatoms. The van der Waals surface area contributed by atoms with E-state index in [9.17, 15) is 14.7 Å². The molecular weight excluding hydrogens is 330 g/mol. The number of likely N-dealkylation sites (tertiary alicyclic amines) is 1. The first-order valence-electron chi connectivity index (χ1n) is 7.64. The number of nitrogens with zero attached hydrogens (tertiary/aromatic N) is 6. The monoisotopic (exact) mass is 349 g/mol. The Balaban J connectivity index is 1.65. The number of hydrogen-bond acceptors (Lipinski definition) is 7. The Morgan fingerprint density at radius 3 is 2.72 bits per heavy atom. The van der Waals surface area contributed by atoms with E-state index in [1.165, 1.54) is 9.58 Å². The van der Waals surface area contributed by atoms with Gasteiger partial charge in [0.05, 0.1) is 18.8 Å². The van der Waals surface area contributed by atoms with Gasteiger partial charge in [-0.1, -0.05) is 5.21 Å². The molecule has 0 unspecified atom stereocenters. The highest BCUT2D eigenvalue weighted by Gasteiger charge is 2.45. The lowest BCUT2D eigenvalue weighted by Crippen LogP contribution is -2.67. The number of carbonyl (C=O) groups is 2. The van der Waals surface area contributed by atoms with E-state index >= 15 is 0 Å². The number of hydrogen-bond donors (Lipinski definition) is 3. The van der Waals surface area contributed by atoms with Gasteiger partial charge in [0.2, 0.25) is 5.91 Å². The minimum Gasteiger partial charge on any atom is -0.387 e. The molecule has 2 aromatic rings. The van der Waals surface area contributed by atoms with Crippen molar-refractivity contribution in [3.05, 3.63) is 23.7 Å². The fourth-order valence-corrected chi connectivity index (χ4v) is 2.65. The van der Waals surface area contributed by atoms with Gasteiger partial charge in [0, 0.05) is 25.9 Å². The van der Waals surface area contributed by atoms with Gasteiger partial charge in [-0.2, -0.15) is 9.78 Å². The molecule has 0 atom stereocenters. The van der Waals surface area contributed by atoms with Crippen molar-refractivity contribution in [2.24, 2.45) is 7.05 Å². The van der Waals surface area contributed by atoms with Crippen molar-refractivity contribution in [1.82, 2.24) is 35.0 Å². The molecule has 3 heterocycles. The topological polar surface area (TPSA) is 138 Å². The highest BCUT2D eigenvalue weighted by atomic mass is 16.3. The van der Waals surface area contributed by atoms with Gasteiger partial charge in [0.1, 0.15) is 12.2 Å². The van der Waals surface area contributed by atoms with Crippen LogP contribution in [0.2, 0.25) is 0 Å². The molecule has 2 amide bonds. The van der Waals surface area contributed by atoms with Crippen LogP contribution in [-0.4, -0.2) is 83.5 Å². The molecule has 0 radical (unpaired) electrons. The standard InChI is InChI=1S/C14H19N7O4/c1-9-12(16-18-21(9)10-3-4-19(2)17-10)13(24)20-7-14(25,8-20)6-15-11(23)5-22/h3-4,22,25H,5-8H2,1-2H3,(H,15,23). The third-order valence-electron chi connectivity index (χ3n) is 4.03. The maximum atomic E-state index is 12.5. The largest absolute Gasteiger partial charge is 0.387 e. The Labute approximate surface area is 142 Å². The summed E-state index contributed by atoms with van der Waals surface area (Å²) in [6.07, 6.45) is 1.76. The summed E-state index contributed by atoms with van der Waals surface area (Å²) in [6.45, 7) is 1.17. The van der Waals surface area contributed by atoms with Gasteiger partial charge < -0.3 is 20.4 Å². The second-order valence-corrected chi connectivity index (χ2v) is 6.10. The minimum atomic E-state index is -1.20. The van der Waals surface area contributed by atoms with Crippen LogP contribution in [0.4, 0.5) is 0 Å². The smallest absolute Gasteiger partial charge is 0.276 e. The molecule has 0 aromatic carbocycles. The quantitative estimate of drug-likeness (QED) is 0.547. The Morgan fingerprint density at radius 1 is 1.40 bits per heavy atom. The fraction of sp³-hybridized carbons (Fsp3) is 0.500. The van der Waals surface area contributed by atoms with E-state index in [0.717, 1.165) is 0 Å². The average molecular weight is 349 g/mol. The van der Waals surface area contributed by atoms with Gasteiger partial charge in [0.25, 0.3) is 5.91 Å². The van der Waals surface area contributed by atoms with E-state index in [1.54, 1.807) is 30.9 Å². The summed E-state index contributed by atoms with van der Waals surface area (Å²) in [7, 11) is 1.78. The van der Waals surface area contributed by atoms with E-state index in [-0.39, 0.29) is 31.2 Å². The fourth-order valence-electron chi connectivity index (χ4n) is 2.65. The lowest BCUT2D eigenvalue weighted by Gasteiger charge is -2.46. The summed E-state index contributed by atoms with van der Waals surface area (Å²) in [5.74, 6) is -0.372. The third-order valence-corrected chi connectivity index (χ3v) is 4.03. The molecule has 0 spiro atoms. The molecule has 1 aliphatic heterocycles. The normalized spacial score (nSPS) is 15.8. The van der Waals surface area contributed by atoms with Crippen LogP contribution in [0.3, 0.4) is 0 Å². The van der Waals surface area contributed by atoms with Crippen LogP contribution in [0.1, 0.15) is 16.2 Å². The van der Waals surface area contributed by atoms with E-state index < -0.39 is 18.1 Å². The SMILES string of the molecule is Cc1c(C(=O)N2CC(O)(CNC(=O)CO)C2)nnn1-c1ccn(C)n1. The number of aliphatic hydroxyl groups is 2. The highest BCUT2D eigenvalue weighted by molar-refractivity contribution is 5.94. The Kier molecular flexibility index (Phi) is 4.27. The molecule has 3 N–H and O–H groups in total. The summed E-state index contributed by atoms with van der Waals surface area (Å²) in [4.78, 5) is 25.0. The Bertz CT molecular complexity index is 806. The van der Waals surface area contributed by atoms with Gasteiger partial charge in [-0.15, -0.1) is 5.10 Å². The summed E-state index contributed by atoms with van der Waals surface area (Å²) < 4.78 is 3.09. The predicted molar refractivity (Wildman–Crippen MR) is 83.8 cm³/mol. The molecule has 1 fully saturated rings. The van der Waals surface area contributed by atoms with Gasteiger partial charge >= 0.3 is 0 Å². The third kappa shape index (κ3) is 3.23. The first kappa shape index (κ1) is 17.0. The molecular formula is C14H19N7O4. The van der Waals surface area contributed by atoms with Crippen LogP contribution in [0, 0.1) is 6.92 Å². The zero-order valence-electron chi connectivity index (χ0n) is 13.9. The Hall–Kier alpha value is -2.79. The average Bonchev–Trinajstić information content (AvgIpc) is 3.14. The zero-order chi connectivity index (χ0) is 18.2. The van der Waals surface area contributed by atoms with Crippen molar-refractivity contribution >= 4 is 11.8 Å². The highest BCUT2D eigenvalue weighted by Crippen LogP contribution is 2.23. The van der Waals surface area contributed by atoms with Crippen molar-refractivity contribution in [3.8, 4) is 5.82 Å². The van der Waals surface area contributed by atoms with Gasteiger partial charge in [-0.05, 0) is 6.92 Å². The maximum Gasteiger partial charge on any atom is 0.276 e. The number of aliphatic hydroxyl groups excluding tert-OH is 1. The van der Waals surface area contributed by atoms with Crippen molar-refractivity contribution in [2.75, 3.05) is 26.2 Å². The number of aromatic nitrogens is 5. The molecule has 0 bridgehead atoms.